The summed E-state index contributed by atoms with van der Waals surface area (Å²) in [5, 5.41) is 1.56. The highest BCUT2D eigenvalue weighted by molar-refractivity contribution is 7.18. The molecule has 1 aliphatic heterocycles. The highest BCUT2D eigenvalue weighted by Crippen LogP contribution is 2.23. The van der Waals surface area contributed by atoms with E-state index in [1.54, 1.807) is 5.01 Å². The average molecular weight is 270 g/mol. The maximum atomic E-state index is 2.49. The summed E-state index contributed by atoms with van der Waals surface area (Å²) in [6.07, 6.45) is 3.99. The SMILES string of the molecule is [Br-].c1ccc2c(c1)sc1[n+]2CCCC1. The molecule has 74 valence electrons. The Hall–Kier alpha value is -0.410. The molecule has 0 unspecified atom stereocenters. The number of aromatic nitrogens is 1. The van der Waals surface area contributed by atoms with Crippen molar-refractivity contribution < 1.29 is 21.5 Å². The van der Waals surface area contributed by atoms with Crippen molar-refractivity contribution in [3.63, 3.8) is 0 Å². The minimum atomic E-state index is 0. The molecule has 2 aromatic rings. The molecule has 0 saturated carbocycles. The van der Waals surface area contributed by atoms with Gasteiger partial charge in [-0.25, -0.2) is 0 Å². The summed E-state index contributed by atoms with van der Waals surface area (Å²) in [6, 6.07) is 8.73. The lowest BCUT2D eigenvalue weighted by Crippen LogP contribution is -3.00. The van der Waals surface area contributed by atoms with Crippen LogP contribution in [0.2, 0.25) is 0 Å². The lowest BCUT2D eigenvalue weighted by atomic mass is 10.2. The van der Waals surface area contributed by atoms with Crippen LogP contribution in [0.15, 0.2) is 24.3 Å². The lowest BCUT2D eigenvalue weighted by Gasteiger charge is -2.03. The number of aryl methyl sites for hydroxylation is 2. The number of nitrogens with zero attached hydrogens (tertiary/aromatic N) is 1. The van der Waals surface area contributed by atoms with E-state index in [1.807, 2.05) is 11.3 Å². The Balaban J connectivity index is 0.000000750. The van der Waals surface area contributed by atoms with Crippen LogP contribution in [-0.2, 0) is 13.0 Å². The third-order valence-electron chi connectivity index (χ3n) is 2.71. The average Bonchev–Trinajstić information content (AvgIpc) is 2.56. The van der Waals surface area contributed by atoms with Gasteiger partial charge in [-0.2, -0.15) is 4.57 Å². The summed E-state index contributed by atoms with van der Waals surface area (Å²) in [5.74, 6) is 0. The number of benzene rings is 1. The molecule has 3 heteroatoms. The highest BCUT2D eigenvalue weighted by atomic mass is 79.9. The molecule has 0 atom stereocenters. The summed E-state index contributed by atoms with van der Waals surface area (Å²) >= 11 is 1.96. The van der Waals surface area contributed by atoms with Crippen molar-refractivity contribution in [2.45, 2.75) is 25.8 Å². The second kappa shape index (κ2) is 3.99. The normalized spacial score (nSPS) is 14.9. The molecule has 0 fully saturated rings. The minimum absolute atomic E-state index is 0. The zero-order valence-corrected chi connectivity index (χ0v) is 10.3. The Morgan fingerprint density at radius 2 is 2.00 bits per heavy atom. The first-order valence-corrected chi connectivity index (χ1v) is 5.67. The first kappa shape index (κ1) is 10.1. The standard InChI is InChI=1S/C11H12NS.BrH/c1-2-6-10-9(5-1)12-8-4-3-7-11(12)13-10;/h1-2,5-6H,3-4,7-8H2;1H/q+1;/p-1. The number of halogens is 1. The molecule has 1 aromatic carbocycles. The largest absolute Gasteiger partial charge is 1.00 e. The zero-order chi connectivity index (χ0) is 8.67. The molecule has 0 radical (unpaired) electrons. The third kappa shape index (κ3) is 1.48. The molecule has 0 saturated heterocycles. The first-order valence-electron chi connectivity index (χ1n) is 4.85. The Bertz CT molecular complexity index is 449. The van der Waals surface area contributed by atoms with Crippen LogP contribution < -0.4 is 21.5 Å². The topological polar surface area (TPSA) is 3.88 Å². The second-order valence-corrected chi connectivity index (χ2v) is 4.69. The van der Waals surface area contributed by atoms with Gasteiger partial charge in [-0.1, -0.05) is 23.5 Å². The summed E-state index contributed by atoms with van der Waals surface area (Å²) < 4.78 is 3.93. The quantitative estimate of drug-likeness (QED) is 0.570. The van der Waals surface area contributed by atoms with Crippen LogP contribution in [0.5, 0.6) is 0 Å². The van der Waals surface area contributed by atoms with Gasteiger partial charge in [0.25, 0.3) is 0 Å². The molecule has 0 N–H and O–H groups in total. The fourth-order valence-corrected chi connectivity index (χ4v) is 3.29. The van der Waals surface area contributed by atoms with Crippen molar-refractivity contribution in [3.05, 3.63) is 29.3 Å². The number of hydrogen-bond acceptors (Lipinski definition) is 1. The lowest BCUT2D eigenvalue weighted by molar-refractivity contribution is -0.679. The number of thiazole rings is 1. The molecule has 2 heterocycles. The van der Waals surface area contributed by atoms with Gasteiger partial charge < -0.3 is 17.0 Å². The van der Waals surface area contributed by atoms with Crippen LogP contribution in [-0.4, -0.2) is 0 Å². The van der Waals surface area contributed by atoms with Gasteiger partial charge in [0.05, 0.1) is 0 Å². The van der Waals surface area contributed by atoms with Crippen LogP contribution in [0.4, 0.5) is 0 Å². The van der Waals surface area contributed by atoms with Gasteiger partial charge in [0.15, 0.2) is 0 Å². The van der Waals surface area contributed by atoms with Gasteiger partial charge >= 0.3 is 0 Å². The molecule has 0 bridgehead atoms. The Morgan fingerprint density at radius 1 is 1.14 bits per heavy atom. The van der Waals surface area contributed by atoms with Crippen molar-refractivity contribution in [1.82, 2.24) is 0 Å². The van der Waals surface area contributed by atoms with Crippen molar-refractivity contribution >= 4 is 21.6 Å². The van der Waals surface area contributed by atoms with Gasteiger partial charge in [0, 0.05) is 18.9 Å². The van der Waals surface area contributed by atoms with Gasteiger partial charge in [0.2, 0.25) is 10.5 Å². The molecule has 0 aliphatic carbocycles. The predicted octanol–water partition coefficient (Wildman–Crippen LogP) is -0.471. The number of rotatable bonds is 0. The minimum Gasteiger partial charge on any atom is -1.00 e. The molecule has 1 nitrogen and oxygen atoms in total. The van der Waals surface area contributed by atoms with Crippen LogP contribution in [0.3, 0.4) is 0 Å². The molecule has 1 aromatic heterocycles. The summed E-state index contributed by atoms with van der Waals surface area (Å²) in [4.78, 5) is 0. The Labute approximate surface area is 98.1 Å². The molecule has 1 aliphatic rings. The molecular formula is C11H12BrNS. The second-order valence-electron chi connectivity index (χ2n) is 3.57. The van der Waals surface area contributed by atoms with Gasteiger partial charge in [-0.05, 0) is 12.5 Å². The molecule has 0 amide bonds. The van der Waals surface area contributed by atoms with E-state index >= 15 is 0 Å². The van der Waals surface area contributed by atoms with Crippen molar-refractivity contribution in [1.29, 1.82) is 0 Å². The van der Waals surface area contributed by atoms with Crippen LogP contribution in [0.1, 0.15) is 17.8 Å². The van der Waals surface area contributed by atoms with E-state index in [1.165, 1.54) is 36.0 Å². The summed E-state index contributed by atoms with van der Waals surface area (Å²) in [7, 11) is 0. The Kier molecular flexibility index (Phi) is 2.88. The van der Waals surface area contributed by atoms with Crippen molar-refractivity contribution in [2.24, 2.45) is 0 Å². The number of hydrogen-bond donors (Lipinski definition) is 0. The monoisotopic (exact) mass is 269 g/mol. The van der Waals surface area contributed by atoms with Gasteiger partial charge in [-0.15, -0.1) is 0 Å². The molecule has 14 heavy (non-hydrogen) atoms. The first-order chi connectivity index (χ1) is 6.45. The van der Waals surface area contributed by atoms with Crippen molar-refractivity contribution in [3.8, 4) is 0 Å². The number of para-hydroxylation sites is 1. The molecule has 3 rings (SSSR count). The number of fused-ring (bicyclic) bond motifs is 3. The van der Waals surface area contributed by atoms with Gasteiger partial charge in [0.1, 0.15) is 11.2 Å². The van der Waals surface area contributed by atoms with E-state index in [4.69, 9.17) is 0 Å². The zero-order valence-electron chi connectivity index (χ0n) is 7.87. The summed E-state index contributed by atoms with van der Waals surface area (Å²) in [5.41, 5.74) is 1.43. The van der Waals surface area contributed by atoms with Crippen LogP contribution in [0, 0.1) is 0 Å². The van der Waals surface area contributed by atoms with Gasteiger partial charge in [-0.3, -0.25) is 0 Å². The fourth-order valence-electron chi connectivity index (χ4n) is 2.06. The van der Waals surface area contributed by atoms with E-state index < -0.39 is 0 Å². The van der Waals surface area contributed by atoms with Crippen molar-refractivity contribution in [2.75, 3.05) is 0 Å². The van der Waals surface area contributed by atoms with Crippen LogP contribution >= 0.6 is 11.3 Å². The Morgan fingerprint density at radius 3 is 2.93 bits per heavy atom. The predicted molar refractivity (Wildman–Crippen MR) is 55.0 cm³/mol. The summed E-state index contributed by atoms with van der Waals surface area (Å²) in [6.45, 7) is 1.22. The fraction of sp³-hybridized carbons (Fsp3) is 0.364. The maximum Gasteiger partial charge on any atom is 0.238 e. The van der Waals surface area contributed by atoms with E-state index in [2.05, 4.69) is 28.8 Å². The van der Waals surface area contributed by atoms with Crippen LogP contribution in [0.25, 0.3) is 10.2 Å². The molecule has 0 spiro atoms. The third-order valence-corrected chi connectivity index (χ3v) is 3.93. The smallest absolute Gasteiger partial charge is 0.238 e. The van der Waals surface area contributed by atoms with E-state index in [-0.39, 0.29) is 17.0 Å². The van der Waals surface area contributed by atoms with E-state index in [0.717, 1.165) is 0 Å². The maximum absolute atomic E-state index is 2.49. The molecular weight excluding hydrogens is 258 g/mol. The van der Waals surface area contributed by atoms with E-state index in [0.29, 0.717) is 0 Å². The van der Waals surface area contributed by atoms with E-state index in [9.17, 15) is 0 Å². The highest BCUT2D eigenvalue weighted by Gasteiger charge is 2.22.